The van der Waals surface area contributed by atoms with E-state index in [2.05, 4.69) is 0 Å². The first-order valence-electron chi connectivity index (χ1n) is 10.6. The van der Waals surface area contributed by atoms with Gasteiger partial charge >= 0.3 is 0 Å². The number of carbonyl (C=O) groups is 2. The van der Waals surface area contributed by atoms with E-state index in [1.54, 1.807) is 47.4 Å². The van der Waals surface area contributed by atoms with Gasteiger partial charge in [-0.15, -0.1) is 0 Å². The molecule has 1 aliphatic rings. The van der Waals surface area contributed by atoms with Crippen molar-refractivity contribution in [2.75, 3.05) is 26.2 Å². The summed E-state index contributed by atoms with van der Waals surface area (Å²) in [5.41, 5.74) is 2.66. The van der Waals surface area contributed by atoms with E-state index in [1.165, 1.54) is 6.07 Å². The highest BCUT2D eigenvalue weighted by Gasteiger charge is 2.26. The molecule has 0 N–H and O–H groups in total. The summed E-state index contributed by atoms with van der Waals surface area (Å²) in [6, 6.07) is 18.3. The smallest absolute Gasteiger partial charge is 0.254 e. The number of piperazine rings is 1. The molecule has 0 bridgehead atoms. The zero-order valence-corrected chi connectivity index (χ0v) is 17.9. The number of hydrogen-bond acceptors (Lipinski definition) is 3. The Labute approximate surface area is 186 Å². The summed E-state index contributed by atoms with van der Waals surface area (Å²) in [6.45, 7) is 4.21. The van der Waals surface area contributed by atoms with Crippen molar-refractivity contribution in [1.82, 2.24) is 9.80 Å². The van der Waals surface area contributed by atoms with Crippen LogP contribution < -0.4 is 0 Å². The first-order valence-corrected chi connectivity index (χ1v) is 10.6. The standard InChI is InChI=1S/C26H24F2N2O2/c1-18-9-11-19(12-10-18)25(31)21-6-2-3-7-22(21)26(32)30-15-13-29(14-16-30)17-20-5-4-8-23(27)24(20)28/h2-12H,13-17H2,1H3. The van der Waals surface area contributed by atoms with E-state index < -0.39 is 11.6 Å². The number of hydrogen-bond donors (Lipinski definition) is 0. The molecular weight excluding hydrogens is 410 g/mol. The third-order valence-electron chi connectivity index (χ3n) is 5.80. The molecule has 1 amide bonds. The van der Waals surface area contributed by atoms with Gasteiger partial charge in [0.25, 0.3) is 5.91 Å². The summed E-state index contributed by atoms with van der Waals surface area (Å²) in [4.78, 5) is 30.0. The van der Waals surface area contributed by atoms with Crippen molar-refractivity contribution < 1.29 is 18.4 Å². The third-order valence-corrected chi connectivity index (χ3v) is 5.80. The summed E-state index contributed by atoms with van der Waals surface area (Å²) < 4.78 is 27.4. The van der Waals surface area contributed by atoms with Crippen molar-refractivity contribution in [3.63, 3.8) is 0 Å². The topological polar surface area (TPSA) is 40.6 Å². The van der Waals surface area contributed by atoms with Crippen LogP contribution in [0.4, 0.5) is 8.78 Å². The van der Waals surface area contributed by atoms with Crippen LogP contribution in [0.3, 0.4) is 0 Å². The second-order valence-electron chi connectivity index (χ2n) is 8.02. The number of nitrogens with zero attached hydrogens (tertiary/aromatic N) is 2. The fourth-order valence-electron chi connectivity index (χ4n) is 3.92. The Hall–Kier alpha value is -3.38. The fourth-order valence-corrected chi connectivity index (χ4v) is 3.92. The molecule has 1 aliphatic heterocycles. The highest BCUT2D eigenvalue weighted by atomic mass is 19.2. The van der Waals surface area contributed by atoms with Gasteiger partial charge in [-0.2, -0.15) is 0 Å². The molecule has 1 saturated heterocycles. The largest absolute Gasteiger partial charge is 0.336 e. The second-order valence-corrected chi connectivity index (χ2v) is 8.02. The number of rotatable bonds is 5. The summed E-state index contributed by atoms with van der Waals surface area (Å²) in [5.74, 6) is -2.06. The Kier molecular flexibility index (Phi) is 6.42. The van der Waals surface area contributed by atoms with Crippen LogP contribution in [0.5, 0.6) is 0 Å². The van der Waals surface area contributed by atoms with Crippen LogP contribution in [0.1, 0.15) is 37.4 Å². The molecule has 0 aliphatic carbocycles. The van der Waals surface area contributed by atoms with Gasteiger partial charge in [0.2, 0.25) is 0 Å². The average molecular weight is 434 g/mol. The first kappa shape index (κ1) is 21.8. The maximum Gasteiger partial charge on any atom is 0.254 e. The van der Waals surface area contributed by atoms with Crippen LogP contribution in [0, 0.1) is 18.6 Å². The lowest BCUT2D eigenvalue weighted by Gasteiger charge is -2.35. The van der Waals surface area contributed by atoms with Crippen LogP contribution in [-0.2, 0) is 6.54 Å². The quantitative estimate of drug-likeness (QED) is 0.557. The second kappa shape index (κ2) is 9.40. The SMILES string of the molecule is Cc1ccc(C(=O)c2ccccc2C(=O)N2CCN(Cc3cccc(F)c3F)CC2)cc1. The molecule has 6 heteroatoms. The van der Waals surface area contributed by atoms with Gasteiger partial charge in [-0.1, -0.05) is 60.2 Å². The van der Waals surface area contributed by atoms with Crippen LogP contribution in [0.15, 0.2) is 66.7 Å². The van der Waals surface area contributed by atoms with Crippen LogP contribution in [-0.4, -0.2) is 47.7 Å². The van der Waals surface area contributed by atoms with E-state index >= 15 is 0 Å². The normalized spacial score (nSPS) is 14.4. The Morgan fingerprint density at radius 3 is 2.16 bits per heavy atom. The predicted octanol–water partition coefficient (Wildman–Crippen LogP) is 4.46. The van der Waals surface area contributed by atoms with Crippen molar-refractivity contribution in [3.05, 3.63) is 106 Å². The van der Waals surface area contributed by atoms with Crippen molar-refractivity contribution in [1.29, 1.82) is 0 Å². The van der Waals surface area contributed by atoms with Gasteiger partial charge in [0.15, 0.2) is 17.4 Å². The van der Waals surface area contributed by atoms with Crippen molar-refractivity contribution in [2.45, 2.75) is 13.5 Å². The molecule has 1 heterocycles. The minimum Gasteiger partial charge on any atom is -0.336 e. The van der Waals surface area contributed by atoms with Crippen LogP contribution in [0.25, 0.3) is 0 Å². The van der Waals surface area contributed by atoms with E-state index in [0.29, 0.717) is 48.4 Å². The van der Waals surface area contributed by atoms with Gasteiger partial charge < -0.3 is 4.90 Å². The highest BCUT2D eigenvalue weighted by molar-refractivity contribution is 6.15. The summed E-state index contributed by atoms with van der Waals surface area (Å²) in [6.07, 6.45) is 0. The minimum atomic E-state index is -0.855. The van der Waals surface area contributed by atoms with Crippen LogP contribution >= 0.6 is 0 Å². The van der Waals surface area contributed by atoms with E-state index in [0.717, 1.165) is 11.6 Å². The summed E-state index contributed by atoms with van der Waals surface area (Å²) in [7, 11) is 0. The zero-order valence-electron chi connectivity index (χ0n) is 17.9. The molecule has 0 unspecified atom stereocenters. The average Bonchev–Trinajstić information content (AvgIpc) is 2.82. The van der Waals surface area contributed by atoms with Crippen molar-refractivity contribution in [3.8, 4) is 0 Å². The molecule has 0 radical (unpaired) electrons. The van der Waals surface area contributed by atoms with Gasteiger partial charge in [-0.3, -0.25) is 14.5 Å². The van der Waals surface area contributed by atoms with Gasteiger partial charge in [-0.05, 0) is 19.1 Å². The summed E-state index contributed by atoms with van der Waals surface area (Å²) >= 11 is 0. The molecule has 1 fully saturated rings. The van der Waals surface area contributed by atoms with E-state index in [9.17, 15) is 18.4 Å². The van der Waals surface area contributed by atoms with E-state index in [1.807, 2.05) is 24.0 Å². The maximum absolute atomic E-state index is 14.0. The van der Waals surface area contributed by atoms with Crippen molar-refractivity contribution in [2.24, 2.45) is 0 Å². The Balaban J connectivity index is 1.45. The number of aryl methyl sites for hydroxylation is 1. The molecule has 0 atom stereocenters. The molecule has 164 valence electrons. The maximum atomic E-state index is 14.0. The summed E-state index contributed by atoms with van der Waals surface area (Å²) in [5, 5.41) is 0. The van der Waals surface area contributed by atoms with Gasteiger partial charge in [-0.25, -0.2) is 8.78 Å². The molecule has 0 spiro atoms. The monoisotopic (exact) mass is 434 g/mol. The Morgan fingerprint density at radius 1 is 0.812 bits per heavy atom. The zero-order chi connectivity index (χ0) is 22.7. The lowest BCUT2D eigenvalue weighted by Crippen LogP contribution is -2.48. The lowest BCUT2D eigenvalue weighted by atomic mass is 9.97. The molecule has 0 aromatic heterocycles. The first-order chi connectivity index (χ1) is 15.4. The van der Waals surface area contributed by atoms with Crippen molar-refractivity contribution >= 4 is 11.7 Å². The van der Waals surface area contributed by atoms with Gasteiger partial charge in [0.1, 0.15) is 0 Å². The Morgan fingerprint density at radius 2 is 1.47 bits per heavy atom. The number of benzene rings is 3. The third kappa shape index (κ3) is 4.60. The molecule has 3 aromatic rings. The predicted molar refractivity (Wildman–Crippen MR) is 119 cm³/mol. The molecule has 3 aromatic carbocycles. The highest BCUT2D eigenvalue weighted by Crippen LogP contribution is 2.19. The van der Waals surface area contributed by atoms with Crippen LogP contribution in [0.2, 0.25) is 0 Å². The lowest BCUT2D eigenvalue weighted by molar-refractivity contribution is 0.0624. The number of carbonyl (C=O) groups excluding carboxylic acids is 2. The molecule has 32 heavy (non-hydrogen) atoms. The van der Waals surface area contributed by atoms with E-state index in [-0.39, 0.29) is 18.2 Å². The molecular formula is C26H24F2N2O2. The number of amides is 1. The minimum absolute atomic E-state index is 0.186. The Bertz CT molecular complexity index is 1140. The molecule has 4 rings (SSSR count). The fraction of sp³-hybridized carbons (Fsp3) is 0.231. The number of ketones is 1. The van der Waals surface area contributed by atoms with E-state index in [4.69, 9.17) is 0 Å². The molecule has 4 nitrogen and oxygen atoms in total. The number of halogens is 2. The molecule has 0 saturated carbocycles. The van der Waals surface area contributed by atoms with Gasteiger partial charge in [0.05, 0.1) is 5.56 Å². The van der Waals surface area contributed by atoms with Gasteiger partial charge in [0, 0.05) is 49.4 Å².